The molecule has 1 aliphatic rings. The van der Waals surface area contributed by atoms with Gasteiger partial charge in [0.1, 0.15) is 5.78 Å². The number of hydrogen-bond acceptors (Lipinski definition) is 3. The number of morpholine rings is 1. The Labute approximate surface area is 73.7 Å². The van der Waals surface area contributed by atoms with Crippen molar-refractivity contribution in [3.63, 3.8) is 0 Å². The zero-order chi connectivity index (χ0) is 8.97. The van der Waals surface area contributed by atoms with Gasteiger partial charge in [0.2, 0.25) is 0 Å². The minimum absolute atomic E-state index is 0.323. The van der Waals surface area contributed by atoms with Crippen LogP contribution in [0.25, 0.3) is 0 Å². The second kappa shape index (κ2) is 4.58. The molecule has 1 fully saturated rings. The number of carbonyl (C=O) groups is 1. The first-order chi connectivity index (χ1) is 5.74. The molecule has 0 radical (unpaired) electrons. The van der Waals surface area contributed by atoms with Crippen LogP contribution < -0.4 is 0 Å². The SMILES string of the molecule is CCC(=O)CN1CCOCC1C. The van der Waals surface area contributed by atoms with Crippen molar-refractivity contribution < 1.29 is 9.53 Å². The predicted molar refractivity (Wildman–Crippen MR) is 47.2 cm³/mol. The lowest BCUT2D eigenvalue weighted by atomic mass is 10.2. The first-order valence-electron chi connectivity index (χ1n) is 4.57. The van der Waals surface area contributed by atoms with Crippen LogP contribution in [0.2, 0.25) is 0 Å². The van der Waals surface area contributed by atoms with Gasteiger partial charge in [0.15, 0.2) is 0 Å². The Balaban J connectivity index is 2.33. The summed E-state index contributed by atoms with van der Waals surface area (Å²) in [5.74, 6) is 0.323. The molecule has 0 spiro atoms. The lowest BCUT2D eigenvalue weighted by molar-refractivity contribution is -0.122. The highest BCUT2D eigenvalue weighted by Gasteiger charge is 2.19. The number of ether oxygens (including phenoxy) is 1. The summed E-state index contributed by atoms with van der Waals surface area (Å²) < 4.78 is 5.27. The molecule has 0 aromatic heterocycles. The van der Waals surface area contributed by atoms with Crippen LogP contribution in [-0.2, 0) is 9.53 Å². The number of hydrogen-bond donors (Lipinski definition) is 0. The predicted octanol–water partition coefficient (Wildman–Crippen LogP) is 0.686. The van der Waals surface area contributed by atoms with Gasteiger partial charge in [0, 0.05) is 19.0 Å². The van der Waals surface area contributed by atoms with Crippen molar-refractivity contribution in [2.24, 2.45) is 0 Å². The number of nitrogens with zero attached hydrogens (tertiary/aromatic N) is 1. The minimum Gasteiger partial charge on any atom is -0.379 e. The fourth-order valence-electron chi connectivity index (χ4n) is 1.33. The molecule has 0 aromatic carbocycles. The topological polar surface area (TPSA) is 29.5 Å². The second-order valence-corrected chi connectivity index (χ2v) is 3.29. The Bertz CT molecular complexity index is 159. The molecule has 1 unspecified atom stereocenters. The van der Waals surface area contributed by atoms with Crippen molar-refractivity contribution >= 4 is 5.78 Å². The summed E-state index contributed by atoms with van der Waals surface area (Å²) in [5, 5.41) is 0. The zero-order valence-corrected chi connectivity index (χ0v) is 7.88. The lowest BCUT2D eigenvalue weighted by Crippen LogP contribution is -2.45. The van der Waals surface area contributed by atoms with Gasteiger partial charge in [-0.2, -0.15) is 0 Å². The maximum atomic E-state index is 11.1. The molecule has 0 bridgehead atoms. The van der Waals surface area contributed by atoms with Gasteiger partial charge >= 0.3 is 0 Å². The van der Waals surface area contributed by atoms with E-state index < -0.39 is 0 Å². The van der Waals surface area contributed by atoms with Gasteiger partial charge in [-0.25, -0.2) is 0 Å². The quantitative estimate of drug-likeness (QED) is 0.625. The maximum absolute atomic E-state index is 11.1. The number of ketones is 1. The van der Waals surface area contributed by atoms with Gasteiger partial charge < -0.3 is 4.74 Å². The highest BCUT2D eigenvalue weighted by atomic mass is 16.5. The molecule has 1 heterocycles. The van der Waals surface area contributed by atoms with Crippen LogP contribution in [0, 0.1) is 0 Å². The number of carbonyl (C=O) groups excluding carboxylic acids is 1. The van der Waals surface area contributed by atoms with Gasteiger partial charge in [0.05, 0.1) is 19.8 Å². The molecule has 0 N–H and O–H groups in total. The first kappa shape index (κ1) is 9.68. The van der Waals surface area contributed by atoms with Crippen LogP contribution in [-0.4, -0.2) is 43.0 Å². The fourth-order valence-corrected chi connectivity index (χ4v) is 1.33. The van der Waals surface area contributed by atoms with E-state index >= 15 is 0 Å². The van der Waals surface area contributed by atoms with Crippen LogP contribution >= 0.6 is 0 Å². The van der Waals surface area contributed by atoms with Gasteiger partial charge in [0.25, 0.3) is 0 Å². The van der Waals surface area contributed by atoms with Gasteiger partial charge in [-0.3, -0.25) is 9.69 Å². The van der Waals surface area contributed by atoms with Crippen LogP contribution in [0.1, 0.15) is 20.3 Å². The average Bonchev–Trinajstić information content (AvgIpc) is 2.09. The largest absolute Gasteiger partial charge is 0.379 e. The third-order valence-corrected chi connectivity index (χ3v) is 2.28. The Morgan fingerprint density at radius 3 is 3.00 bits per heavy atom. The Hall–Kier alpha value is -0.410. The Morgan fingerprint density at radius 1 is 1.67 bits per heavy atom. The van der Waals surface area contributed by atoms with Gasteiger partial charge in [-0.15, -0.1) is 0 Å². The fraction of sp³-hybridized carbons (Fsp3) is 0.889. The molecule has 0 saturated carbocycles. The molecule has 70 valence electrons. The summed E-state index contributed by atoms with van der Waals surface area (Å²) in [6, 6.07) is 0.397. The van der Waals surface area contributed by atoms with E-state index in [1.165, 1.54) is 0 Å². The standard InChI is InChI=1S/C9H17NO2/c1-3-9(11)6-10-4-5-12-7-8(10)2/h8H,3-7H2,1-2H3. The Kier molecular flexibility index (Phi) is 3.69. The molecule has 1 atom stereocenters. The van der Waals surface area contributed by atoms with Crippen molar-refractivity contribution in [2.45, 2.75) is 26.3 Å². The van der Waals surface area contributed by atoms with Crippen molar-refractivity contribution in [3.05, 3.63) is 0 Å². The summed E-state index contributed by atoms with van der Waals surface area (Å²) >= 11 is 0. The number of rotatable bonds is 3. The van der Waals surface area contributed by atoms with E-state index in [4.69, 9.17) is 4.74 Å². The van der Waals surface area contributed by atoms with Crippen LogP contribution in [0.15, 0.2) is 0 Å². The molecule has 12 heavy (non-hydrogen) atoms. The highest BCUT2D eigenvalue weighted by Crippen LogP contribution is 2.05. The summed E-state index contributed by atoms with van der Waals surface area (Å²) in [4.78, 5) is 13.3. The smallest absolute Gasteiger partial charge is 0.146 e. The average molecular weight is 171 g/mol. The van der Waals surface area contributed by atoms with Crippen LogP contribution in [0.3, 0.4) is 0 Å². The van der Waals surface area contributed by atoms with Gasteiger partial charge in [-0.05, 0) is 6.92 Å². The van der Waals surface area contributed by atoms with E-state index in [2.05, 4.69) is 11.8 Å². The third kappa shape index (κ3) is 2.57. The molecule has 3 nitrogen and oxygen atoms in total. The Morgan fingerprint density at radius 2 is 2.42 bits per heavy atom. The van der Waals surface area contributed by atoms with E-state index in [9.17, 15) is 4.79 Å². The van der Waals surface area contributed by atoms with Crippen LogP contribution in [0.4, 0.5) is 0 Å². The van der Waals surface area contributed by atoms with E-state index in [1.807, 2.05) is 6.92 Å². The third-order valence-electron chi connectivity index (χ3n) is 2.28. The summed E-state index contributed by atoms with van der Waals surface area (Å²) in [5.41, 5.74) is 0. The minimum atomic E-state index is 0.323. The molecular weight excluding hydrogens is 154 g/mol. The van der Waals surface area contributed by atoms with Crippen molar-refractivity contribution in [2.75, 3.05) is 26.3 Å². The van der Waals surface area contributed by atoms with E-state index in [0.717, 1.165) is 19.8 Å². The first-order valence-corrected chi connectivity index (χ1v) is 4.57. The van der Waals surface area contributed by atoms with Crippen molar-refractivity contribution in [3.8, 4) is 0 Å². The zero-order valence-electron chi connectivity index (χ0n) is 7.88. The lowest BCUT2D eigenvalue weighted by Gasteiger charge is -2.32. The summed E-state index contributed by atoms with van der Waals surface area (Å²) in [6.45, 7) is 7.03. The van der Waals surface area contributed by atoms with E-state index in [1.54, 1.807) is 0 Å². The number of Topliss-reactive ketones (excluding diaryl/α,β-unsaturated/α-hetero) is 1. The van der Waals surface area contributed by atoms with Crippen molar-refractivity contribution in [1.82, 2.24) is 4.90 Å². The molecule has 0 aliphatic carbocycles. The molecular formula is C9H17NO2. The molecule has 1 aliphatic heterocycles. The summed E-state index contributed by atoms with van der Waals surface area (Å²) in [6.07, 6.45) is 0.643. The van der Waals surface area contributed by atoms with Crippen LogP contribution in [0.5, 0.6) is 0 Å². The normalized spacial score (nSPS) is 25.7. The summed E-state index contributed by atoms with van der Waals surface area (Å²) in [7, 11) is 0. The molecule has 1 rings (SSSR count). The molecule has 0 aromatic rings. The van der Waals surface area contributed by atoms with Gasteiger partial charge in [-0.1, -0.05) is 6.92 Å². The maximum Gasteiger partial charge on any atom is 0.146 e. The molecule has 1 saturated heterocycles. The second-order valence-electron chi connectivity index (χ2n) is 3.29. The molecule has 3 heteroatoms. The van der Waals surface area contributed by atoms with E-state index in [0.29, 0.717) is 24.8 Å². The van der Waals surface area contributed by atoms with E-state index in [-0.39, 0.29) is 0 Å². The highest BCUT2D eigenvalue weighted by molar-refractivity contribution is 5.80. The monoisotopic (exact) mass is 171 g/mol. The van der Waals surface area contributed by atoms with Crippen molar-refractivity contribution in [1.29, 1.82) is 0 Å². The molecule has 0 amide bonds.